The molecule has 6 nitrogen and oxygen atoms in total. The zero-order valence-corrected chi connectivity index (χ0v) is 11.2. The number of nitrogens with zero attached hydrogens (tertiary/aromatic N) is 1. The Kier molecular flexibility index (Phi) is 5.74. The van der Waals surface area contributed by atoms with E-state index >= 15 is 0 Å². The molecule has 0 saturated carbocycles. The minimum absolute atomic E-state index is 0.448. The third-order valence-electron chi connectivity index (χ3n) is 2.27. The minimum atomic E-state index is -1.22. The molecule has 0 fully saturated rings. The molecule has 1 aromatic carbocycles. The highest BCUT2D eigenvalue weighted by molar-refractivity contribution is 6.30. The lowest BCUT2D eigenvalue weighted by molar-refractivity contribution is -0.143. The first-order valence-corrected chi connectivity index (χ1v) is 5.99. The summed E-state index contributed by atoms with van der Waals surface area (Å²) < 4.78 is 0. The van der Waals surface area contributed by atoms with Gasteiger partial charge in [0.2, 0.25) is 11.8 Å². The maximum absolute atomic E-state index is 11.8. The number of nitrogens with two attached hydrogens (primary N) is 1. The van der Waals surface area contributed by atoms with Crippen molar-refractivity contribution in [3.8, 4) is 0 Å². The quantitative estimate of drug-likeness (QED) is 0.756. The fraction of sp³-hybridized carbons (Fsp3) is 0.154. The third-order valence-corrected chi connectivity index (χ3v) is 2.52. The molecule has 0 aliphatic rings. The van der Waals surface area contributed by atoms with E-state index in [9.17, 15) is 14.4 Å². The number of aliphatic carboxylic acids is 1. The number of rotatable bonds is 6. The first kappa shape index (κ1) is 15.7. The molecule has 0 heterocycles. The maximum Gasteiger partial charge on any atom is 0.323 e. The van der Waals surface area contributed by atoms with Gasteiger partial charge in [-0.05, 0) is 23.8 Å². The summed E-state index contributed by atoms with van der Waals surface area (Å²) in [7, 11) is 0. The molecular formula is C13H13ClN2O4. The molecule has 106 valence electrons. The number of benzene rings is 1. The number of amides is 2. The van der Waals surface area contributed by atoms with Gasteiger partial charge in [-0.25, -0.2) is 0 Å². The Balaban J connectivity index is 2.76. The van der Waals surface area contributed by atoms with Gasteiger partial charge in [0.05, 0.1) is 0 Å². The van der Waals surface area contributed by atoms with Gasteiger partial charge >= 0.3 is 5.97 Å². The van der Waals surface area contributed by atoms with Crippen LogP contribution in [0, 0.1) is 0 Å². The van der Waals surface area contributed by atoms with Crippen molar-refractivity contribution in [1.29, 1.82) is 0 Å². The zero-order valence-electron chi connectivity index (χ0n) is 10.5. The number of carboxylic acid groups (broad SMARTS) is 1. The van der Waals surface area contributed by atoms with Crippen molar-refractivity contribution in [2.45, 2.75) is 0 Å². The minimum Gasteiger partial charge on any atom is -0.480 e. The molecule has 0 radical (unpaired) electrons. The van der Waals surface area contributed by atoms with Crippen LogP contribution in [-0.2, 0) is 14.4 Å². The lowest BCUT2D eigenvalue weighted by Crippen LogP contribution is -2.40. The molecule has 0 bridgehead atoms. The van der Waals surface area contributed by atoms with E-state index in [1.165, 1.54) is 12.2 Å². The molecular weight excluding hydrogens is 284 g/mol. The summed E-state index contributed by atoms with van der Waals surface area (Å²) in [6.07, 6.45) is 2.67. The van der Waals surface area contributed by atoms with Crippen LogP contribution in [0.1, 0.15) is 5.56 Å². The number of hydrogen-bond acceptors (Lipinski definition) is 3. The number of hydrogen-bond donors (Lipinski definition) is 2. The monoisotopic (exact) mass is 296 g/mol. The Labute approximate surface area is 120 Å². The van der Waals surface area contributed by atoms with Crippen LogP contribution in [-0.4, -0.2) is 40.9 Å². The smallest absolute Gasteiger partial charge is 0.323 e. The van der Waals surface area contributed by atoms with E-state index in [1.54, 1.807) is 24.3 Å². The van der Waals surface area contributed by atoms with Crippen LogP contribution < -0.4 is 5.73 Å². The molecule has 2 amide bonds. The van der Waals surface area contributed by atoms with Gasteiger partial charge < -0.3 is 15.7 Å². The summed E-state index contributed by atoms with van der Waals surface area (Å²) in [5.74, 6) is -2.61. The molecule has 7 heteroatoms. The predicted molar refractivity (Wildman–Crippen MR) is 73.9 cm³/mol. The molecule has 0 aliphatic carbocycles. The summed E-state index contributed by atoms with van der Waals surface area (Å²) in [5.41, 5.74) is 5.69. The lowest BCUT2D eigenvalue weighted by Gasteiger charge is -2.16. The lowest BCUT2D eigenvalue weighted by atomic mass is 10.2. The average Bonchev–Trinajstić information content (AvgIpc) is 2.36. The Bertz CT molecular complexity index is 524. The molecule has 0 saturated heterocycles. The Hall–Kier alpha value is -2.34. The molecule has 0 aliphatic heterocycles. The van der Waals surface area contributed by atoms with Gasteiger partial charge in [0.15, 0.2) is 0 Å². The van der Waals surface area contributed by atoms with Crippen LogP contribution in [0.3, 0.4) is 0 Å². The van der Waals surface area contributed by atoms with Crippen LogP contribution in [0.4, 0.5) is 0 Å². The van der Waals surface area contributed by atoms with Crippen LogP contribution in [0.2, 0.25) is 5.02 Å². The first-order valence-electron chi connectivity index (χ1n) is 5.61. The van der Waals surface area contributed by atoms with Crippen molar-refractivity contribution >= 4 is 35.5 Å². The van der Waals surface area contributed by atoms with Crippen molar-refractivity contribution < 1.29 is 19.5 Å². The summed E-state index contributed by atoms with van der Waals surface area (Å²) >= 11 is 5.72. The van der Waals surface area contributed by atoms with Crippen LogP contribution in [0.25, 0.3) is 6.08 Å². The molecule has 1 aromatic rings. The van der Waals surface area contributed by atoms with E-state index in [1.807, 2.05) is 0 Å². The van der Waals surface area contributed by atoms with E-state index in [0.717, 1.165) is 10.5 Å². The summed E-state index contributed by atoms with van der Waals surface area (Å²) in [6, 6.07) is 6.71. The van der Waals surface area contributed by atoms with E-state index < -0.39 is 30.9 Å². The van der Waals surface area contributed by atoms with Crippen LogP contribution in [0.15, 0.2) is 30.3 Å². The van der Waals surface area contributed by atoms with Gasteiger partial charge in [-0.1, -0.05) is 23.7 Å². The average molecular weight is 297 g/mol. The Morgan fingerprint density at radius 2 is 1.80 bits per heavy atom. The standard InChI is InChI=1S/C13H13ClN2O4/c14-10-4-1-9(2-5-10)3-6-12(18)16(7-11(15)17)8-13(19)20/h1-6H,7-8H2,(H2,15,17)(H,19,20)/b6-3+. The zero-order chi connectivity index (χ0) is 15.1. The SMILES string of the molecule is NC(=O)CN(CC(=O)O)C(=O)/C=C/c1ccc(Cl)cc1. The second kappa shape index (κ2) is 7.30. The first-order chi connectivity index (χ1) is 9.38. The van der Waals surface area contributed by atoms with Crippen molar-refractivity contribution in [2.75, 3.05) is 13.1 Å². The van der Waals surface area contributed by atoms with E-state index in [0.29, 0.717) is 5.02 Å². The molecule has 0 unspecified atom stereocenters. The molecule has 3 N–H and O–H groups in total. The topological polar surface area (TPSA) is 101 Å². The van der Waals surface area contributed by atoms with Crippen LogP contribution >= 0.6 is 11.6 Å². The second-order valence-corrected chi connectivity index (χ2v) is 4.38. The number of carbonyl (C=O) groups excluding carboxylic acids is 2. The summed E-state index contributed by atoms with van der Waals surface area (Å²) in [5, 5.41) is 9.24. The van der Waals surface area contributed by atoms with Crippen molar-refractivity contribution in [1.82, 2.24) is 4.90 Å². The van der Waals surface area contributed by atoms with Gasteiger partial charge in [-0.15, -0.1) is 0 Å². The van der Waals surface area contributed by atoms with Crippen molar-refractivity contribution in [2.24, 2.45) is 5.73 Å². The summed E-state index contributed by atoms with van der Waals surface area (Å²) in [4.78, 5) is 34.1. The normalized spacial score (nSPS) is 10.4. The van der Waals surface area contributed by atoms with Crippen molar-refractivity contribution in [3.05, 3.63) is 40.9 Å². The molecule has 20 heavy (non-hydrogen) atoms. The third kappa shape index (κ3) is 5.53. The maximum atomic E-state index is 11.8. The van der Waals surface area contributed by atoms with E-state index in [-0.39, 0.29) is 0 Å². The molecule has 0 aromatic heterocycles. The van der Waals surface area contributed by atoms with E-state index in [2.05, 4.69) is 0 Å². The molecule has 0 atom stereocenters. The fourth-order valence-corrected chi connectivity index (χ4v) is 1.54. The highest BCUT2D eigenvalue weighted by atomic mass is 35.5. The predicted octanol–water partition coefficient (Wildman–Crippen LogP) is 0.752. The Morgan fingerprint density at radius 1 is 1.20 bits per heavy atom. The van der Waals surface area contributed by atoms with Gasteiger partial charge in [-0.2, -0.15) is 0 Å². The van der Waals surface area contributed by atoms with Gasteiger partial charge in [-0.3, -0.25) is 14.4 Å². The number of carbonyl (C=O) groups is 3. The van der Waals surface area contributed by atoms with Gasteiger partial charge in [0.25, 0.3) is 0 Å². The summed E-state index contributed by atoms with van der Waals surface area (Å²) in [6.45, 7) is -1.04. The van der Waals surface area contributed by atoms with Gasteiger partial charge in [0, 0.05) is 11.1 Å². The fourth-order valence-electron chi connectivity index (χ4n) is 1.41. The number of primary amides is 1. The molecule has 0 spiro atoms. The van der Waals surface area contributed by atoms with Crippen LogP contribution in [0.5, 0.6) is 0 Å². The molecule has 1 rings (SSSR count). The second-order valence-electron chi connectivity index (χ2n) is 3.94. The number of halogens is 1. The van der Waals surface area contributed by atoms with Crippen molar-refractivity contribution in [3.63, 3.8) is 0 Å². The van der Waals surface area contributed by atoms with E-state index in [4.69, 9.17) is 22.4 Å². The Morgan fingerprint density at radius 3 is 2.30 bits per heavy atom. The highest BCUT2D eigenvalue weighted by Gasteiger charge is 2.16. The highest BCUT2D eigenvalue weighted by Crippen LogP contribution is 2.10. The largest absolute Gasteiger partial charge is 0.480 e. The van der Waals surface area contributed by atoms with Gasteiger partial charge in [0.1, 0.15) is 13.1 Å². The number of carboxylic acids is 1.